The van der Waals surface area contributed by atoms with Gasteiger partial charge in [0.2, 0.25) is 5.89 Å². The second kappa shape index (κ2) is 2.65. The molecule has 4 heteroatoms. The van der Waals surface area contributed by atoms with Gasteiger partial charge in [-0.15, -0.1) is 0 Å². The Kier molecular flexibility index (Phi) is 1.51. The fraction of sp³-hybridized carbons (Fsp3) is 0. The zero-order chi connectivity index (χ0) is 8.39. The summed E-state index contributed by atoms with van der Waals surface area (Å²) in [6, 6.07) is 1.54. The van der Waals surface area contributed by atoms with Crippen LogP contribution in [0.5, 0.6) is 5.75 Å². The molecule has 0 aromatic carbocycles. The first kappa shape index (κ1) is 6.84. The van der Waals surface area contributed by atoms with E-state index >= 15 is 0 Å². The maximum Gasteiger partial charge on any atom is 0.227 e. The van der Waals surface area contributed by atoms with Crippen LogP contribution in [-0.2, 0) is 0 Å². The maximum atomic E-state index is 9.08. The van der Waals surface area contributed by atoms with E-state index in [0.29, 0.717) is 11.5 Å². The Morgan fingerprint density at radius 1 is 1.33 bits per heavy atom. The van der Waals surface area contributed by atoms with Gasteiger partial charge in [0.05, 0.1) is 18.0 Å². The summed E-state index contributed by atoms with van der Waals surface area (Å²) in [5.74, 6) is 0.559. The first-order chi connectivity index (χ1) is 5.86. The highest BCUT2D eigenvalue weighted by Gasteiger charge is 2.02. The summed E-state index contributed by atoms with van der Waals surface area (Å²) in [5, 5.41) is 9.08. The summed E-state index contributed by atoms with van der Waals surface area (Å²) in [6.45, 7) is 0. The smallest absolute Gasteiger partial charge is 0.227 e. The van der Waals surface area contributed by atoms with Crippen molar-refractivity contribution >= 4 is 0 Å². The molecule has 0 unspecified atom stereocenters. The van der Waals surface area contributed by atoms with E-state index in [2.05, 4.69) is 9.97 Å². The molecular formula is C8H6N2O2. The van der Waals surface area contributed by atoms with Crippen molar-refractivity contribution in [2.45, 2.75) is 0 Å². The highest BCUT2D eigenvalue weighted by molar-refractivity contribution is 5.53. The molecule has 0 bridgehead atoms. The number of hydrogen-bond acceptors (Lipinski definition) is 4. The summed E-state index contributed by atoms with van der Waals surface area (Å²) in [5.41, 5.74) is 0.667. The van der Waals surface area contributed by atoms with Gasteiger partial charge in [-0.1, -0.05) is 0 Å². The van der Waals surface area contributed by atoms with Crippen LogP contribution in [-0.4, -0.2) is 15.1 Å². The Morgan fingerprint density at radius 3 is 2.92 bits per heavy atom. The van der Waals surface area contributed by atoms with Gasteiger partial charge < -0.3 is 9.52 Å². The van der Waals surface area contributed by atoms with Crippen molar-refractivity contribution in [3.63, 3.8) is 0 Å². The molecule has 0 atom stereocenters. The molecule has 0 radical (unpaired) electrons. The first-order valence-corrected chi connectivity index (χ1v) is 3.40. The molecule has 0 fully saturated rings. The van der Waals surface area contributed by atoms with Gasteiger partial charge in [0, 0.05) is 6.20 Å². The number of aromatic nitrogens is 2. The Hall–Kier alpha value is -1.84. The second-order valence-corrected chi connectivity index (χ2v) is 2.27. The van der Waals surface area contributed by atoms with Crippen molar-refractivity contribution in [1.82, 2.24) is 9.97 Å². The van der Waals surface area contributed by atoms with Gasteiger partial charge in [-0.25, -0.2) is 4.98 Å². The summed E-state index contributed by atoms with van der Waals surface area (Å²) in [4.78, 5) is 7.70. The SMILES string of the molecule is Oc1cncc(-c2ncco2)c1. The monoisotopic (exact) mass is 162 g/mol. The highest BCUT2D eigenvalue weighted by Crippen LogP contribution is 2.19. The fourth-order valence-corrected chi connectivity index (χ4v) is 0.911. The lowest BCUT2D eigenvalue weighted by molar-refractivity contribution is 0.472. The Labute approximate surface area is 68.5 Å². The van der Waals surface area contributed by atoms with E-state index in [-0.39, 0.29) is 5.75 Å². The number of rotatable bonds is 1. The molecule has 2 aromatic rings. The number of pyridine rings is 1. The predicted octanol–water partition coefficient (Wildman–Crippen LogP) is 1.44. The molecule has 0 saturated carbocycles. The van der Waals surface area contributed by atoms with Gasteiger partial charge in [0.25, 0.3) is 0 Å². The van der Waals surface area contributed by atoms with Gasteiger partial charge in [-0.05, 0) is 6.07 Å². The summed E-state index contributed by atoms with van der Waals surface area (Å²) in [6.07, 6.45) is 5.94. The summed E-state index contributed by atoms with van der Waals surface area (Å²) >= 11 is 0. The molecule has 0 amide bonds. The van der Waals surface area contributed by atoms with Crippen molar-refractivity contribution in [3.8, 4) is 17.2 Å². The van der Waals surface area contributed by atoms with Crippen molar-refractivity contribution in [2.75, 3.05) is 0 Å². The van der Waals surface area contributed by atoms with Crippen LogP contribution in [0.25, 0.3) is 11.5 Å². The molecule has 0 spiro atoms. The van der Waals surface area contributed by atoms with E-state index < -0.39 is 0 Å². The molecule has 60 valence electrons. The molecule has 4 nitrogen and oxygen atoms in total. The molecule has 2 rings (SSSR count). The largest absolute Gasteiger partial charge is 0.506 e. The van der Waals surface area contributed by atoms with Crippen LogP contribution in [0.3, 0.4) is 0 Å². The zero-order valence-electron chi connectivity index (χ0n) is 6.14. The lowest BCUT2D eigenvalue weighted by Crippen LogP contribution is -1.78. The van der Waals surface area contributed by atoms with E-state index in [1.165, 1.54) is 12.5 Å². The number of hydrogen-bond donors (Lipinski definition) is 1. The Bertz CT molecular complexity index is 370. The third-order valence-corrected chi connectivity index (χ3v) is 1.40. The molecule has 2 heterocycles. The third-order valence-electron chi connectivity index (χ3n) is 1.40. The average Bonchev–Trinajstić information content (AvgIpc) is 2.56. The van der Waals surface area contributed by atoms with Gasteiger partial charge in [0.15, 0.2) is 0 Å². The maximum absolute atomic E-state index is 9.08. The lowest BCUT2D eigenvalue weighted by atomic mass is 10.3. The second-order valence-electron chi connectivity index (χ2n) is 2.27. The number of oxazole rings is 1. The summed E-state index contributed by atoms with van der Waals surface area (Å²) in [7, 11) is 0. The zero-order valence-corrected chi connectivity index (χ0v) is 6.14. The van der Waals surface area contributed by atoms with Gasteiger partial charge in [0.1, 0.15) is 12.0 Å². The summed E-state index contributed by atoms with van der Waals surface area (Å²) < 4.78 is 5.01. The minimum Gasteiger partial charge on any atom is -0.506 e. The van der Waals surface area contributed by atoms with E-state index in [0.717, 1.165) is 0 Å². The van der Waals surface area contributed by atoms with Crippen molar-refractivity contribution in [3.05, 3.63) is 30.9 Å². The minimum atomic E-state index is 0.103. The van der Waals surface area contributed by atoms with Crippen LogP contribution < -0.4 is 0 Å². The van der Waals surface area contributed by atoms with Gasteiger partial charge in [-0.3, -0.25) is 4.98 Å². The van der Waals surface area contributed by atoms with Crippen LogP contribution in [0.4, 0.5) is 0 Å². The van der Waals surface area contributed by atoms with E-state index in [1.807, 2.05) is 0 Å². The molecule has 1 N–H and O–H groups in total. The molecule has 0 saturated heterocycles. The average molecular weight is 162 g/mol. The topological polar surface area (TPSA) is 59.2 Å². The van der Waals surface area contributed by atoms with Crippen molar-refractivity contribution in [2.24, 2.45) is 0 Å². The normalized spacial score (nSPS) is 10.0. The fourth-order valence-electron chi connectivity index (χ4n) is 0.911. The van der Waals surface area contributed by atoms with Crippen LogP contribution in [0, 0.1) is 0 Å². The van der Waals surface area contributed by atoms with Crippen molar-refractivity contribution < 1.29 is 9.52 Å². The van der Waals surface area contributed by atoms with Gasteiger partial charge >= 0.3 is 0 Å². The molecule has 0 aliphatic heterocycles. The Morgan fingerprint density at radius 2 is 2.25 bits per heavy atom. The first-order valence-electron chi connectivity index (χ1n) is 3.40. The quantitative estimate of drug-likeness (QED) is 0.689. The van der Waals surface area contributed by atoms with E-state index in [9.17, 15) is 0 Å². The Balaban J connectivity index is 2.48. The standard InChI is InChI=1S/C8H6N2O2/c11-7-3-6(4-9-5-7)8-10-1-2-12-8/h1-5,11H. The molecule has 0 aliphatic carbocycles. The predicted molar refractivity (Wildman–Crippen MR) is 41.4 cm³/mol. The molecule has 12 heavy (non-hydrogen) atoms. The van der Waals surface area contributed by atoms with Crippen LogP contribution in [0.2, 0.25) is 0 Å². The third kappa shape index (κ3) is 1.14. The highest BCUT2D eigenvalue weighted by atomic mass is 16.3. The van der Waals surface area contributed by atoms with E-state index in [4.69, 9.17) is 9.52 Å². The molecule has 0 aliphatic rings. The molecule has 2 aromatic heterocycles. The minimum absolute atomic E-state index is 0.103. The van der Waals surface area contributed by atoms with Crippen molar-refractivity contribution in [1.29, 1.82) is 0 Å². The molecular weight excluding hydrogens is 156 g/mol. The van der Waals surface area contributed by atoms with E-state index in [1.54, 1.807) is 18.5 Å². The lowest BCUT2D eigenvalue weighted by Gasteiger charge is -1.94. The number of nitrogens with zero attached hydrogens (tertiary/aromatic N) is 2. The van der Waals surface area contributed by atoms with Crippen LogP contribution >= 0.6 is 0 Å². The number of aromatic hydroxyl groups is 1. The van der Waals surface area contributed by atoms with Crippen LogP contribution in [0.1, 0.15) is 0 Å². The van der Waals surface area contributed by atoms with Gasteiger partial charge in [-0.2, -0.15) is 0 Å². The van der Waals surface area contributed by atoms with Crippen LogP contribution in [0.15, 0.2) is 35.3 Å².